The molecule has 0 spiro atoms. The molecule has 1 N–H and O–H groups in total. The predicted octanol–water partition coefficient (Wildman–Crippen LogP) is 1.35. The van der Waals surface area contributed by atoms with Gasteiger partial charge in [0.15, 0.2) is 0 Å². The number of rotatable bonds is 4. The van der Waals surface area contributed by atoms with Crippen molar-refractivity contribution in [1.29, 1.82) is 5.26 Å². The van der Waals surface area contributed by atoms with Crippen LogP contribution in [0.25, 0.3) is 0 Å². The molecule has 0 aliphatic rings. The normalized spacial score (nSPS) is 11.4. The van der Waals surface area contributed by atoms with Crippen molar-refractivity contribution in [3.8, 4) is 6.07 Å². The van der Waals surface area contributed by atoms with Crippen molar-refractivity contribution in [2.45, 2.75) is 6.92 Å². The average molecular weight is 232 g/mol. The van der Waals surface area contributed by atoms with Crippen LogP contribution in [0.15, 0.2) is 18.3 Å². The molecule has 0 fully saturated rings. The lowest BCUT2D eigenvalue weighted by atomic mass is 10.2. The molecule has 5 heteroatoms. The molecule has 5 nitrogen and oxygen atoms in total. The van der Waals surface area contributed by atoms with Crippen LogP contribution in [0.2, 0.25) is 0 Å². The topological polar surface area (TPSA) is 69.0 Å². The Kier molecular flexibility index (Phi) is 4.46. The second-order valence-corrected chi connectivity index (χ2v) is 3.90. The molecule has 0 aliphatic carbocycles. The van der Waals surface area contributed by atoms with E-state index in [2.05, 4.69) is 16.4 Å². The first-order valence-electron chi connectivity index (χ1n) is 5.37. The molecule has 0 aromatic carbocycles. The van der Waals surface area contributed by atoms with Crippen molar-refractivity contribution in [2.75, 3.05) is 26.0 Å². The number of hydrogen-bond donors (Lipinski definition) is 1. The van der Waals surface area contributed by atoms with Crippen molar-refractivity contribution >= 4 is 11.6 Å². The fraction of sp³-hybridized carbons (Fsp3) is 0.417. The number of nitriles is 1. The fourth-order valence-corrected chi connectivity index (χ4v) is 1.40. The molecule has 1 aromatic heterocycles. The minimum absolute atomic E-state index is 0.172. The largest absolute Gasteiger partial charge is 0.387 e. The summed E-state index contributed by atoms with van der Waals surface area (Å²) in [6, 6.07) is 5.56. The van der Waals surface area contributed by atoms with Gasteiger partial charge in [-0.2, -0.15) is 5.26 Å². The number of hydrogen-bond acceptors (Lipinski definition) is 4. The Morgan fingerprint density at radius 1 is 1.65 bits per heavy atom. The monoisotopic (exact) mass is 232 g/mol. The maximum Gasteiger partial charge on any atom is 0.272 e. The van der Waals surface area contributed by atoms with E-state index in [1.807, 2.05) is 0 Å². The number of carbonyl (C=O) groups is 1. The Labute approximate surface area is 101 Å². The molecule has 90 valence electrons. The molecule has 1 rings (SSSR count). The van der Waals surface area contributed by atoms with Crippen molar-refractivity contribution in [3.63, 3.8) is 0 Å². The van der Waals surface area contributed by atoms with Crippen LogP contribution in [0.5, 0.6) is 0 Å². The van der Waals surface area contributed by atoms with Gasteiger partial charge in [0.25, 0.3) is 5.91 Å². The van der Waals surface area contributed by atoms with Crippen LogP contribution < -0.4 is 5.32 Å². The Morgan fingerprint density at radius 2 is 2.35 bits per heavy atom. The molecular weight excluding hydrogens is 216 g/mol. The summed E-state index contributed by atoms with van der Waals surface area (Å²) in [5, 5.41) is 11.6. The number of aromatic nitrogens is 1. The molecule has 1 amide bonds. The van der Waals surface area contributed by atoms with E-state index in [1.54, 1.807) is 39.3 Å². The predicted molar refractivity (Wildman–Crippen MR) is 65.5 cm³/mol. The Hall–Kier alpha value is -2.09. The molecule has 0 saturated heterocycles. The lowest BCUT2D eigenvalue weighted by Gasteiger charge is -2.17. The number of pyridine rings is 1. The zero-order valence-electron chi connectivity index (χ0n) is 10.3. The third kappa shape index (κ3) is 3.45. The third-order valence-electron chi connectivity index (χ3n) is 2.39. The minimum Gasteiger partial charge on any atom is -0.387 e. The van der Waals surface area contributed by atoms with Crippen molar-refractivity contribution in [1.82, 2.24) is 9.88 Å². The molecule has 0 saturated carbocycles. The summed E-state index contributed by atoms with van der Waals surface area (Å²) in [5.41, 5.74) is 1.24. The van der Waals surface area contributed by atoms with Gasteiger partial charge in [0.2, 0.25) is 0 Å². The van der Waals surface area contributed by atoms with Gasteiger partial charge in [-0.05, 0) is 19.1 Å². The highest BCUT2D eigenvalue weighted by atomic mass is 16.2. The Balaban J connectivity index is 2.72. The standard InChI is InChI=1S/C12H16N4O/c1-9(6-13)8-16(3)12(17)11-5-4-10(14-2)7-15-11/h4-5,7,9,14H,8H2,1-3H3. The van der Waals surface area contributed by atoms with E-state index in [-0.39, 0.29) is 11.8 Å². The second kappa shape index (κ2) is 5.85. The van der Waals surface area contributed by atoms with Gasteiger partial charge in [0.05, 0.1) is 23.9 Å². The summed E-state index contributed by atoms with van der Waals surface area (Å²) in [5.74, 6) is -0.352. The molecule has 1 atom stereocenters. The molecule has 1 aromatic rings. The number of carbonyl (C=O) groups excluding carboxylic acids is 1. The van der Waals surface area contributed by atoms with Gasteiger partial charge < -0.3 is 10.2 Å². The highest BCUT2D eigenvalue weighted by molar-refractivity contribution is 5.92. The minimum atomic E-state index is -0.180. The summed E-state index contributed by atoms with van der Waals surface area (Å²) in [6.45, 7) is 2.19. The van der Waals surface area contributed by atoms with Crippen molar-refractivity contribution in [3.05, 3.63) is 24.0 Å². The summed E-state index contributed by atoms with van der Waals surface area (Å²) < 4.78 is 0. The summed E-state index contributed by atoms with van der Waals surface area (Å²) in [7, 11) is 3.46. The van der Waals surface area contributed by atoms with E-state index in [9.17, 15) is 4.79 Å². The zero-order valence-corrected chi connectivity index (χ0v) is 10.3. The number of nitrogens with zero attached hydrogens (tertiary/aromatic N) is 3. The third-order valence-corrected chi connectivity index (χ3v) is 2.39. The van der Waals surface area contributed by atoms with Crippen LogP contribution in [0, 0.1) is 17.2 Å². The molecule has 1 unspecified atom stereocenters. The van der Waals surface area contributed by atoms with Crippen LogP contribution in [0.3, 0.4) is 0 Å². The quantitative estimate of drug-likeness (QED) is 0.850. The maximum atomic E-state index is 11.9. The Morgan fingerprint density at radius 3 is 2.82 bits per heavy atom. The lowest BCUT2D eigenvalue weighted by molar-refractivity contribution is 0.0779. The Bertz CT molecular complexity index is 421. The molecule has 0 aliphatic heterocycles. The van der Waals surface area contributed by atoms with E-state index in [0.717, 1.165) is 5.69 Å². The van der Waals surface area contributed by atoms with Crippen LogP contribution in [-0.4, -0.2) is 36.4 Å². The van der Waals surface area contributed by atoms with Crippen LogP contribution >= 0.6 is 0 Å². The van der Waals surface area contributed by atoms with Gasteiger partial charge in [-0.15, -0.1) is 0 Å². The van der Waals surface area contributed by atoms with Crippen molar-refractivity contribution in [2.24, 2.45) is 5.92 Å². The van der Waals surface area contributed by atoms with Gasteiger partial charge in [0.1, 0.15) is 5.69 Å². The number of nitrogens with one attached hydrogen (secondary N) is 1. The molecule has 0 radical (unpaired) electrons. The second-order valence-electron chi connectivity index (χ2n) is 3.90. The lowest BCUT2D eigenvalue weighted by Crippen LogP contribution is -2.31. The van der Waals surface area contributed by atoms with E-state index in [4.69, 9.17) is 5.26 Å². The first-order chi connectivity index (χ1) is 8.08. The van der Waals surface area contributed by atoms with E-state index in [1.165, 1.54) is 4.90 Å². The van der Waals surface area contributed by atoms with Crippen LogP contribution in [-0.2, 0) is 0 Å². The van der Waals surface area contributed by atoms with E-state index < -0.39 is 0 Å². The van der Waals surface area contributed by atoms with Gasteiger partial charge in [-0.1, -0.05) is 0 Å². The summed E-state index contributed by atoms with van der Waals surface area (Å²) in [6.07, 6.45) is 1.61. The summed E-state index contributed by atoms with van der Waals surface area (Å²) in [4.78, 5) is 17.5. The van der Waals surface area contributed by atoms with Gasteiger partial charge >= 0.3 is 0 Å². The van der Waals surface area contributed by atoms with Crippen LogP contribution in [0.4, 0.5) is 5.69 Å². The van der Waals surface area contributed by atoms with Gasteiger partial charge in [-0.25, -0.2) is 4.98 Å². The van der Waals surface area contributed by atoms with E-state index >= 15 is 0 Å². The number of anilines is 1. The average Bonchev–Trinajstić information content (AvgIpc) is 2.37. The van der Waals surface area contributed by atoms with Crippen LogP contribution in [0.1, 0.15) is 17.4 Å². The molecular formula is C12H16N4O. The first-order valence-corrected chi connectivity index (χ1v) is 5.37. The molecule has 17 heavy (non-hydrogen) atoms. The molecule has 0 bridgehead atoms. The van der Waals surface area contributed by atoms with Gasteiger partial charge in [-0.3, -0.25) is 4.79 Å². The first kappa shape index (κ1) is 13.0. The number of amides is 1. The SMILES string of the molecule is CNc1ccc(C(=O)N(C)CC(C)C#N)nc1. The molecule has 1 heterocycles. The highest BCUT2D eigenvalue weighted by Gasteiger charge is 2.15. The zero-order chi connectivity index (χ0) is 12.8. The maximum absolute atomic E-state index is 11.9. The van der Waals surface area contributed by atoms with Gasteiger partial charge in [0, 0.05) is 20.6 Å². The fourth-order valence-electron chi connectivity index (χ4n) is 1.40. The smallest absolute Gasteiger partial charge is 0.272 e. The van der Waals surface area contributed by atoms with E-state index in [0.29, 0.717) is 12.2 Å². The van der Waals surface area contributed by atoms with Crippen molar-refractivity contribution < 1.29 is 4.79 Å². The summed E-state index contributed by atoms with van der Waals surface area (Å²) >= 11 is 0. The highest BCUT2D eigenvalue weighted by Crippen LogP contribution is 2.07.